The van der Waals surface area contributed by atoms with Gasteiger partial charge in [-0.25, -0.2) is 0 Å². The Morgan fingerprint density at radius 1 is 1.20 bits per heavy atom. The summed E-state index contributed by atoms with van der Waals surface area (Å²) in [6.45, 7) is 6.23. The predicted molar refractivity (Wildman–Crippen MR) is 64.2 cm³/mol. The van der Waals surface area contributed by atoms with Crippen molar-refractivity contribution in [3.63, 3.8) is 0 Å². The summed E-state index contributed by atoms with van der Waals surface area (Å²) in [7, 11) is 4.34. The van der Waals surface area contributed by atoms with Crippen molar-refractivity contribution in [2.45, 2.75) is 31.2 Å². The highest BCUT2D eigenvalue weighted by Crippen LogP contribution is 2.36. The molecule has 0 bridgehead atoms. The molecule has 0 aromatic carbocycles. The Balaban J connectivity index is 1.91. The minimum Gasteiger partial charge on any atom is -0.317 e. The maximum atomic E-state index is 3.48. The molecule has 88 valence electrons. The van der Waals surface area contributed by atoms with Crippen LogP contribution in [-0.2, 0) is 0 Å². The summed E-state index contributed by atoms with van der Waals surface area (Å²) in [5.41, 5.74) is 0.571. The van der Waals surface area contributed by atoms with Gasteiger partial charge in [0.15, 0.2) is 0 Å². The Morgan fingerprint density at radius 3 is 2.60 bits per heavy atom. The topological polar surface area (TPSA) is 18.5 Å². The van der Waals surface area contributed by atoms with Crippen LogP contribution in [0.3, 0.4) is 0 Å². The van der Waals surface area contributed by atoms with Gasteiger partial charge in [0.05, 0.1) is 0 Å². The van der Waals surface area contributed by atoms with Crippen LogP contribution in [0.1, 0.15) is 25.7 Å². The second kappa shape index (κ2) is 4.81. The van der Waals surface area contributed by atoms with E-state index in [1.54, 1.807) is 0 Å². The van der Waals surface area contributed by atoms with Gasteiger partial charge in [0.2, 0.25) is 0 Å². The fraction of sp³-hybridized carbons (Fsp3) is 1.00. The summed E-state index contributed by atoms with van der Waals surface area (Å²) in [6, 6.07) is 0. The third-order valence-electron chi connectivity index (χ3n) is 4.09. The van der Waals surface area contributed by atoms with Gasteiger partial charge in [0, 0.05) is 18.6 Å². The molecule has 0 atom stereocenters. The standard InChI is InChI=1S/C12H25N3/c1-14(2)10-11-15-9-3-4-12(15)5-7-13-8-6-12/h13H,3-11H2,1-2H3. The van der Waals surface area contributed by atoms with Gasteiger partial charge in [-0.05, 0) is 59.4 Å². The van der Waals surface area contributed by atoms with Crippen LogP contribution >= 0.6 is 0 Å². The van der Waals surface area contributed by atoms with Gasteiger partial charge in [-0.1, -0.05) is 0 Å². The molecule has 2 rings (SSSR count). The van der Waals surface area contributed by atoms with Crippen LogP contribution < -0.4 is 5.32 Å². The first-order chi connectivity index (χ1) is 7.23. The van der Waals surface area contributed by atoms with E-state index in [1.165, 1.54) is 58.4 Å². The van der Waals surface area contributed by atoms with Crippen LogP contribution in [0.15, 0.2) is 0 Å². The van der Waals surface area contributed by atoms with Crippen molar-refractivity contribution in [2.75, 3.05) is 46.8 Å². The van der Waals surface area contributed by atoms with E-state index in [4.69, 9.17) is 0 Å². The van der Waals surface area contributed by atoms with E-state index >= 15 is 0 Å². The lowest BCUT2D eigenvalue weighted by Gasteiger charge is -2.42. The largest absolute Gasteiger partial charge is 0.317 e. The molecule has 2 aliphatic rings. The molecule has 0 aliphatic carbocycles. The minimum absolute atomic E-state index is 0.571. The lowest BCUT2D eigenvalue weighted by molar-refractivity contribution is 0.0927. The van der Waals surface area contributed by atoms with Crippen LogP contribution in [0.2, 0.25) is 0 Å². The van der Waals surface area contributed by atoms with Crippen LogP contribution in [0.5, 0.6) is 0 Å². The number of hydrogen-bond acceptors (Lipinski definition) is 3. The lowest BCUT2D eigenvalue weighted by Crippen LogP contribution is -2.52. The fourth-order valence-corrected chi connectivity index (χ4v) is 3.12. The van der Waals surface area contributed by atoms with Crippen LogP contribution in [0, 0.1) is 0 Å². The Hall–Kier alpha value is -0.120. The Bertz CT molecular complexity index is 197. The maximum absolute atomic E-state index is 3.48. The molecule has 15 heavy (non-hydrogen) atoms. The number of likely N-dealkylation sites (tertiary alicyclic amines) is 1. The van der Waals surface area contributed by atoms with Gasteiger partial charge in [0.1, 0.15) is 0 Å². The van der Waals surface area contributed by atoms with Gasteiger partial charge in [-0.3, -0.25) is 4.90 Å². The van der Waals surface area contributed by atoms with E-state index in [1.807, 2.05) is 0 Å². The van der Waals surface area contributed by atoms with Crippen molar-refractivity contribution in [1.29, 1.82) is 0 Å². The summed E-state index contributed by atoms with van der Waals surface area (Å²) >= 11 is 0. The lowest BCUT2D eigenvalue weighted by atomic mass is 9.86. The Morgan fingerprint density at radius 2 is 1.93 bits per heavy atom. The van der Waals surface area contributed by atoms with Crippen LogP contribution in [-0.4, -0.2) is 62.2 Å². The third-order valence-corrected chi connectivity index (χ3v) is 4.09. The first kappa shape index (κ1) is 11.4. The predicted octanol–water partition coefficient (Wildman–Crippen LogP) is 0.766. The quantitative estimate of drug-likeness (QED) is 0.744. The number of rotatable bonds is 3. The van der Waals surface area contributed by atoms with Gasteiger partial charge in [-0.15, -0.1) is 0 Å². The Kier molecular flexibility index (Phi) is 3.65. The summed E-state index contributed by atoms with van der Waals surface area (Å²) in [4.78, 5) is 5.06. The molecule has 2 saturated heterocycles. The molecule has 0 aromatic heterocycles. The number of nitrogens with one attached hydrogen (secondary N) is 1. The molecule has 2 fully saturated rings. The smallest absolute Gasteiger partial charge is 0.0234 e. The van der Waals surface area contributed by atoms with Gasteiger partial charge in [0.25, 0.3) is 0 Å². The zero-order chi connectivity index (χ0) is 10.7. The second-order valence-electron chi connectivity index (χ2n) is 5.37. The normalized spacial score (nSPS) is 26.6. The average molecular weight is 211 g/mol. The van der Waals surface area contributed by atoms with E-state index in [-0.39, 0.29) is 0 Å². The molecule has 0 radical (unpaired) electrons. The summed E-state index contributed by atoms with van der Waals surface area (Å²) in [5, 5.41) is 3.48. The minimum atomic E-state index is 0.571. The molecule has 0 aromatic rings. The average Bonchev–Trinajstić information content (AvgIpc) is 2.59. The number of likely N-dealkylation sites (N-methyl/N-ethyl adjacent to an activating group) is 1. The molecule has 1 spiro atoms. The highest BCUT2D eigenvalue weighted by Gasteiger charge is 2.40. The van der Waals surface area contributed by atoms with E-state index in [9.17, 15) is 0 Å². The summed E-state index contributed by atoms with van der Waals surface area (Å²) < 4.78 is 0. The van der Waals surface area contributed by atoms with E-state index in [0.717, 1.165) is 0 Å². The first-order valence-electron chi connectivity index (χ1n) is 6.33. The van der Waals surface area contributed by atoms with Gasteiger partial charge in [-0.2, -0.15) is 0 Å². The molecule has 0 amide bonds. The molecule has 2 aliphatic heterocycles. The summed E-state index contributed by atoms with van der Waals surface area (Å²) in [6.07, 6.45) is 5.57. The Labute approximate surface area is 93.8 Å². The van der Waals surface area contributed by atoms with Crippen molar-refractivity contribution in [2.24, 2.45) is 0 Å². The van der Waals surface area contributed by atoms with Crippen molar-refractivity contribution >= 4 is 0 Å². The number of hydrogen-bond donors (Lipinski definition) is 1. The molecule has 1 N–H and O–H groups in total. The molecular formula is C12H25N3. The van der Waals surface area contributed by atoms with E-state index in [2.05, 4.69) is 29.2 Å². The highest BCUT2D eigenvalue weighted by molar-refractivity contribution is 4.98. The zero-order valence-electron chi connectivity index (χ0n) is 10.3. The molecule has 2 heterocycles. The van der Waals surface area contributed by atoms with Crippen LogP contribution in [0.4, 0.5) is 0 Å². The number of piperidine rings is 1. The second-order valence-corrected chi connectivity index (χ2v) is 5.37. The zero-order valence-corrected chi connectivity index (χ0v) is 10.3. The van der Waals surface area contributed by atoms with Gasteiger partial charge >= 0.3 is 0 Å². The van der Waals surface area contributed by atoms with Crippen LogP contribution in [0.25, 0.3) is 0 Å². The fourth-order valence-electron chi connectivity index (χ4n) is 3.12. The molecule has 3 nitrogen and oxygen atoms in total. The van der Waals surface area contributed by atoms with Crippen molar-refractivity contribution in [3.05, 3.63) is 0 Å². The molecular weight excluding hydrogens is 186 g/mol. The van der Waals surface area contributed by atoms with Gasteiger partial charge < -0.3 is 10.2 Å². The number of nitrogens with zero attached hydrogens (tertiary/aromatic N) is 2. The van der Waals surface area contributed by atoms with E-state index in [0.29, 0.717) is 5.54 Å². The maximum Gasteiger partial charge on any atom is 0.0234 e. The van der Waals surface area contributed by atoms with Crippen molar-refractivity contribution in [1.82, 2.24) is 15.1 Å². The molecule has 0 saturated carbocycles. The monoisotopic (exact) mass is 211 g/mol. The molecule has 0 unspecified atom stereocenters. The highest BCUT2D eigenvalue weighted by atomic mass is 15.2. The van der Waals surface area contributed by atoms with E-state index < -0.39 is 0 Å². The SMILES string of the molecule is CN(C)CCN1CCCC12CCNCC2. The van der Waals surface area contributed by atoms with Crippen molar-refractivity contribution in [3.8, 4) is 0 Å². The first-order valence-corrected chi connectivity index (χ1v) is 6.33. The summed E-state index contributed by atoms with van der Waals surface area (Å²) in [5.74, 6) is 0. The molecule has 3 heteroatoms. The van der Waals surface area contributed by atoms with Crippen molar-refractivity contribution < 1.29 is 0 Å². The third kappa shape index (κ3) is 2.52.